The van der Waals surface area contributed by atoms with Crippen LogP contribution in [-0.4, -0.2) is 43.3 Å². The van der Waals surface area contributed by atoms with E-state index in [0.717, 1.165) is 50.3 Å². The van der Waals surface area contributed by atoms with Crippen molar-refractivity contribution in [3.05, 3.63) is 23.8 Å². The molecule has 0 unspecified atom stereocenters. The zero-order valence-corrected chi connectivity index (χ0v) is 13.4. The van der Waals surface area contributed by atoms with Crippen molar-refractivity contribution in [1.82, 2.24) is 10.2 Å². The Balaban J connectivity index is 2.24. The highest BCUT2D eigenvalue weighted by Gasteiger charge is 2.25. The molecule has 0 radical (unpaired) electrons. The maximum Gasteiger partial charge on any atom is 0.120 e. The Bertz CT molecular complexity index is 442. The van der Waals surface area contributed by atoms with Crippen LogP contribution in [0.25, 0.3) is 0 Å². The predicted molar refractivity (Wildman–Crippen MR) is 85.9 cm³/mol. The number of aromatic hydroxyl groups is 1. The molecule has 1 aliphatic rings. The number of hydrogen-bond acceptors (Lipinski definition) is 4. The standard InChI is InChI=1S/C17H28N2O2/c1-13(2)4-6-16(19-10-8-18-9-11-19)15-12-14(21-3)5-7-17(15)20/h5,7,12-13,16,18,20H,4,6,8-11H2,1-3H3/t16-/m0/s1. The van der Waals surface area contributed by atoms with Gasteiger partial charge < -0.3 is 15.2 Å². The Labute approximate surface area is 128 Å². The zero-order chi connectivity index (χ0) is 15.2. The first-order valence-electron chi connectivity index (χ1n) is 7.93. The highest BCUT2D eigenvalue weighted by molar-refractivity contribution is 5.41. The van der Waals surface area contributed by atoms with Gasteiger partial charge in [0.15, 0.2) is 0 Å². The fourth-order valence-corrected chi connectivity index (χ4v) is 2.95. The van der Waals surface area contributed by atoms with Gasteiger partial charge in [0.25, 0.3) is 0 Å². The zero-order valence-electron chi connectivity index (χ0n) is 13.4. The summed E-state index contributed by atoms with van der Waals surface area (Å²) in [6.07, 6.45) is 2.23. The fourth-order valence-electron chi connectivity index (χ4n) is 2.95. The Hall–Kier alpha value is -1.26. The Kier molecular flexibility index (Phi) is 5.88. The lowest BCUT2D eigenvalue weighted by Gasteiger charge is -2.36. The molecule has 4 heteroatoms. The molecule has 0 bridgehead atoms. The molecule has 0 aliphatic carbocycles. The van der Waals surface area contributed by atoms with Crippen LogP contribution in [0.15, 0.2) is 18.2 Å². The van der Waals surface area contributed by atoms with Crippen LogP contribution in [0.4, 0.5) is 0 Å². The van der Waals surface area contributed by atoms with Gasteiger partial charge in [0, 0.05) is 37.8 Å². The third-order valence-corrected chi connectivity index (χ3v) is 4.20. The van der Waals surface area contributed by atoms with Crippen LogP contribution in [0.1, 0.15) is 38.3 Å². The van der Waals surface area contributed by atoms with E-state index in [1.165, 1.54) is 0 Å². The number of ether oxygens (including phenoxy) is 1. The average Bonchev–Trinajstić information content (AvgIpc) is 2.50. The van der Waals surface area contributed by atoms with Crippen LogP contribution < -0.4 is 10.1 Å². The van der Waals surface area contributed by atoms with Gasteiger partial charge in [-0.2, -0.15) is 0 Å². The number of phenolic OH excluding ortho intramolecular Hbond substituents is 1. The topological polar surface area (TPSA) is 44.7 Å². The molecule has 2 rings (SSSR count). The lowest BCUT2D eigenvalue weighted by molar-refractivity contribution is 0.157. The van der Waals surface area contributed by atoms with Crippen molar-refractivity contribution < 1.29 is 9.84 Å². The van der Waals surface area contributed by atoms with Crippen molar-refractivity contribution in [3.63, 3.8) is 0 Å². The molecule has 4 nitrogen and oxygen atoms in total. The summed E-state index contributed by atoms with van der Waals surface area (Å²) in [4.78, 5) is 2.48. The van der Waals surface area contributed by atoms with E-state index in [4.69, 9.17) is 4.74 Å². The maximum atomic E-state index is 10.3. The normalized spacial score (nSPS) is 17.9. The molecule has 1 aromatic carbocycles. The van der Waals surface area contributed by atoms with E-state index in [9.17, 15) is 5.11 Å². The van der Waals surface area contributed by atoms with Crippen LogP contribution in [0.5, 0.6) is 11.5 Å². The third kappa shape index (κ3) is 4.35. The second-order valence-corrected chi connectivity index (χ2v) is 6.20. The van der Waals surface area contributed by atoms with E-state index in [0.29, 0.717) is 11.7 Å². The highest BCUT2D eigenvalue weighted by Crippen LogP contribution is 2.35. The van der Waals surface area contributed by atoms with Gasteiger partial charge in [0.05, 0.1) is 7.11 Å². The van der Waals surface area contributed by atoms with Crippen molar-refractivity contribution in [2.24, 2.45) is 5.92 Å². The second kappa shape index (κ2) is 7.66. The van der Waals surface area contributed by atoms with Gasteiger partial charge in [-0.25, -0.2) is 0 Å². The lowest BCUT2D eigenvalue weighted by atomic mass is 9.95. The Morgan fingerprint density at radius 1 is 1.24 bits per heavy atom. The minimum absolute atomic E-state index is 0.268. The summed E-state index contributed by atoms with van der Waals surface area (Å²) in [7, 11) is 1.67. The molecule has 2 N–H and O–H groups in total. The minimum atomic E-state index is 0.268. The largest absolute Gasteiger partial charge is 0.508 e. The van der Waals surface area contributed by atoms with Gasteiger partial charge in [0.2, 0.25) is 0 Å². The van der Waals surface area contributed by atoms with Gasteiger partial charge in [-0.1, -0.05) is 13.8 Å². The van der Waals surface area contributed by atoms with E-state index in [1.807, 2.05) is 12.1 Å². The predicted octanol–water partition coefficient (Wildman–Crippen LogP) is 2.78. The van der Waals surface area contributed by atoms with Crippen molar-refractivity contribution in [1.29, 1.82) is 0 Å². The SMILES string of the molecule is COc1ccc(O)c([C@H](CCC(C)C)N2CCNCC2)c1. The van der Waals surface area contributed by atoms with E-state index in [-0.39, 0.29) is 6.04 Å². The first kappa shape index (κ1) is 16.1. The van der Waals surface area contributed by atoms with Gasteiger partial charge >= 0.3 is 0 Å². The van der Waals surface area contributed by atoms with Gasteiger partial charge in [0.1, 0.15) is 11.5 Å². The molecule has 1 heterocycles. The molecular formula is C17H28N2O2. The molecule has 1 aliphatic heterocycles. The molecule has 0 spiro atoms. The molecule has 1 fully saturated rings. The van der Waals surface area contributed by atoms with E-state index in [2.05, 4.69) is 24.1 Å². The van der Waals surface area contributed by atoms with Crippen LogP contribution in [-0.2, 0) is 0 Å². The molecule has 118 valence electrons. The minimum Gasteiger partial charge on any atom is -0.508 e. The van der Waals surface area contributed by atoms with Crippen molar-refractivity contribution in [2.75, 3.05) is 33.3 Å². The van der Waals surface area contributed by atoms with Crippen LogP contribution >= 0.6 is 0 Å². The summed E-state index contributed by atoms with van der Waals surface area (Å²) in [5, 5.41) is 13.7. The first-order chi connectivity index (χ1) is 10.1. The fraction of sp³-hybridized carbons (Fsp3) is 0.647. The first-order valence-corrected chi connectivity index (χ1v) is 7.93. The van der Waals surface area contributed by atoms with E-state index >= 15 is 0 Å². The van der Waals surface area contributed by atoms with Gasteiger partial charge in [-0.15, -0.1) is 0 Å². The van der Waals surface area contributed by atoms with Crippen molar-refractivity contribution in [2.45, 2.75) is 32.7 Å². The summed E-state index contributed by atoms with van der Waals surface area (Å²) < 4.78 is 5.33. The highest BCUT2D eigenvalue weighted by atomic mass is 16.5. The average molecular weight is 292 g/mol. The van der Waals surface area contributed by atoms with Gasteiger partial charge in [-0.05, 0) is 37.0 Å². The second-order valence-electron chi connectivity index (χ2n) is 6.20. The lowest BCUT2D eigenvalue weighted by Crippen LogP contribution is -2.45. The molecule has 0 amide bonds. The summed E-state index contributed by atoms with van der Waals surface area (Å²) in [5.41, 5.74) is 0.997. The molecule has 21 heavy (non-hydrogen) atoms. The number of piperazine rings is 1. The number of nitrogens with one attached hydrogen (secondary N) is 1. The molecule has 1 aromatic rings. The molecule has 0 aromatic heterocycles. The number of methoxy groups -OCH3 is 1. The third-order valence-electron chi connectivity index (χ3n) is 4.20. The number of phenols is 1. The van der Waals surface area contributed by atoms with Crippen molar-refractivity contribution >= 4 is 0 Å². The summed E-state index contributed by atoms with van der Waals surface area (Å²) >= 11 is 0. The summed E-state index contributed by atoms with van der Waals surface area (Å²) in [5.74, 6) is 1.86. The van der Waals surface area contributed by atoms with E-state index < -0.39 is 0 Å². The Morgan fingerprint density at radius 3 is 2.57 bits per heavy atom. The smallest absolute Gasteiger partial charge is 0.120 e. The monoisotopic (exact) mass is 292 g/mol. The summed E-state index contributed by atoms with van der Waals surface area (Å²) in [6, 6.07) is 5.82. The Morgan fingerprint density at radius 2 is 1.95 bits per heavy atom. The molecule has 1 atom stereocenters. The van der Waals surface area contributed by atoms with Gasteiger partial charge in [-0.3, -0.25) is 4.90 Å². The number of rotatable bonds is 6. The van der Waals surface area contributed by atoms with E-state index in [1.54, 1.807) is 13.2 Å². The number of nitrogens with zero attached hydrogens (tertiary/aromatic N) is 1. The van der Waals surface area contributed by atoms with Crippen LogP contribution in [0.2, 0.25) is 0 Å². The van der Waals surface area contributed by atoms with Crippen LogP contribution in [0.3, 0.4) is 0 Å². The maximum absolute atomic E-state index is 10.3. The molecule has 0 saturated carbocycles. The van der Waals surface area contributed by atoms with Crippen molar-refractivity contribution in [3.8, 4) is 11.5 Å². The summed E-state index contributed by atoms with van der Waals surface area (Å²) in [6.45, 7) is 8.59. The molecular weight excluding hydrogens is 264 g/mol. The number of hydrogen-bond donors (Lipinski definition) is 2. The van der Waals surface area contributed by atoms with Crippen LogP contribution in [0, 0.1) is 5.92 Å². The molecule has 1 saturated heterocycles. The number of benzene rings is 1. The quantitative estimate of drug-likeness (QED) is 0.846.